The number of carbonyl (C=O) groups is 1. The van der Waals surface area contributed by atoms with Crippen LogP contribution in [0.4, 0.5) is 0 Å². The van der Waals surface area contributed by atoms with Gasteiger partial charge in [0, 0.05) is 25.6 Å². The number of morpholine rings is 1. The van der Waals surface area contributed by atoms with E-state index in [1.807, 2.05) is 35.0 Å². The molecule has 0 unspecified atom stereocenters. The summed E-state index contributed by atoms with van der Waals surface area (Å²) in [6.07, 6.45) is 3.12. The molecule has 26 heavy (non-hydrogen) atoms. The van der Waals surface area contributed by atoms with Crippen LogP contribution in [0.1, 0.15) is 41.4 Å². The van der Waals surface area contributed by atoms with Crippen LogP contribution in [0.5, 0.6) is 0 Å². The monoisotopic (exact) mass is 355 g/mol. The van der Waals surface area contributed by atoms with Crippen molar-refractivity contribution in [2.75, 3.05) is 39.4 Å². The van der Waals surface area contributed by atoms with Gasteiger partial charge in [-0.25, -0.2) is 4.68 Å². The van der Waals surface area contributed by atoms with Crippen LogP contribution in [-0.2, 0) is 4.74 Å². The second kappa shape index (κ2) is 7.97. The van der Waals surface area contributed by atoms with E-state index in [-0.39, 0.29) is 5.91 Å². The van der Waals surface area contributed by atoms with E-state index < -0.39 is 0 Å². The number of nitrogens with zero attached hydrogens (tertiary/aromatic N) is 4. The fraction of sp³-hybridized carbons (Fsp3) is 0.526. The molecule has 1 N–H and O–H groups in total. The standard InChI is InChI=1S/C19H25N5O2/c25-19(20-9-4-10-23-11-13-26-14-12-23)17-18(15-7-8-15)24(22-21-17)16-5-2-1-3-6-16/h1-3,5-6,15H,4,7-14H2,(H,20,25). The summed E-state index contributed by atoms with van der Waals surface area (Å²) in [5.41, 5.74) is 2.37. The lowest BCUT2D eigenvalue weighted by atomic mass is 10.2. The van der Waals surface area contributed by atoms with Crippen molar-refractivity contribution in [2.45, 2.75) is 25.2 Å². The first-order valence-corrected chi connectivity index (χ1v) is 9.42. The number of hydrogen-bond acceptors (Lipinski definition) is 5. The molecule has 1 saturated carbocycles. The van der Waals surface area contributed by atoms with Crippen molar-refractivity contribution in [1.29, 1.82) is 0 Å². The summed E-state index contributed by atoms with van der Waals surface area (Å²) >= 11 is 0. The Labute approximate surface area is 153 Å². The third-order valence-electron chi connectivity index (χ3n) is 4.93. The van der Waals surface area contributed by atoms with Gasteiger partial charge >= 0.3 is 0 Å². The van der Waals surface area contributed by atoms with Gasteiger partial charge in [-0.05, 0) is 37.9 Å². The summed E-state index contributed by atoms with van der Waals surface area (Å²) in [6, 6.07) is 9.90. The quantitative estimate of drug-likeness (QED) is 0.764. The van der Waals surface area contributed by atoms with E-state index in [9.17, 15) is 4.79 Å². The summed E-state index contributed by atoms with van der Waals surface area (Å²) < 4.78 is 7.17. The third-order valence-corrected chi connectivity index (χ3v) is 4.93. The van der Waals surface area contributed by atoms with Crippen LogP contribution in [0.3, 0.4) is 0 Å². The van der Waals surface area contributed by atoms with Crippen LogP contribution in [0.25, 0.3) is 5.69 Å². The van der Waals surface area contributed by atoms with Crippen LogP contribution in [0, 0.1) is 0 Å². The lowest BCUT2D eigenvalue weighted by Crippen LogP contribution is -2.38. The number of carbonyl (C=O) groups excluding carboxylic acids is 1. The molecular formula is C19H25N5O2. The molecule has 0 bridgehead atoms. The Kier molecular flexibility index (Phi) is 5.26. The highest BCUT2D eigenvalue weighted by molar-refractivity contribution is 5.93. The molecule has 1 aromatic carbocycles. The minimum Gasteiger partial charge on any atom is -0.379 e. The molecule has 4 rings (SSSR count). The summed E-state index contributed by atoms with van der Waals surface area (Å²) in [7, 11) is 0. The van der Waals surface area contributed by atoms with Crippen LogP contribution in [0.2, 0.25) is 0 Å². The normalized spacial score (nSPS) is 18.0. The molecule has 2 aromatic rings. The summed E-state index contributed by atoms with van der Waals surface area (Å²) in [5.74, 6) is 0.273. The lowest BCUT2D eigenvalue weighted by Gasteiger charge is -2.26. The van der Waals surface area contributed by atoms with Crippen LogP contribution < -0.4 is 5.32 Å². The Hall–Kier alpha value is -2.25. The summed E-state index contributed by atoms with van der Waals surface area (Å²) in [6.45, 7) is 5.20. The number of ether oxygens (including phenoxy) is 1. The van der Waals surface area contributed by atoms with Crippen molar-refractivity contribution >= 4 is 5.91 Å². The molecule has 1 amide bonds. The number of amides is 1. The Morgan fingerprint density at radius 3 is 2.69 bits per heavy atom. The smallest absolute Gasteiger partial charge is 0.273 e. The maximum absolute atomic E-state index is 12.6. The second-order valence-corrected chi connectivity index (χ2v) is 6.91. The lowest BCUT2D eigenvalue weighted by molar-refractivity contribution is 0.0374. The van der Waals surface area contributed by atoms with Crippen molar-refractivity contribution < 1.29 is 9.53 Å². The fourth-order valence-electron chi connectivity index (χ4n) is 3.35. The second-order valence-electron chi connectivity index (χ2n) is 6.91. The Morgan fingerprint density at radius 1 is 1.19 bits per heavy atom. The molecule has 1 aromatic heterocycles. The van der Waals surface area contributed by atoms with Crippen LogP contribution >= 0.6 is 0 Å². The van der Waals surface area contributed by atoms with E-state index in [4.69, 9.17) is 4.74 Å². The molecule has 2 fully saturated rings. The zero-order valence-electron chi connectivity index (χ0n) is 14.9. The minimum atomic E-state index is -0.115. The van der Waals surface area contributed by atoms with Gasteiger partial charge in [0.15, 0.2) is 5.69 Å². The molecule has 7 heteroatoms. The largest absolute Gasteiger partial charge is 0.379 e. The number of benzene rings is 1. The zero-order chi connectivity index (χ0) is 17.8. The van der Waals surface area contributed by atoms with Crippen LogP contribution in [0.15, 0.2) is 30.3 Å². The SMILES string of the molecule is O=C(NCCCN1CCOCC1)c1nnn(-c2ccccc2)c1C1CC1. The van der Waals surface area contributed by atoms with E-state index in [2.05, 4.69) is 20.5 Å². The van der Waals surface area contributed by atoms with Crippen molar-refractivity contribution in [1.82, 2.24) is 25.2 Å². The first kappa shape index (κ1) is 17.2. The molecule has 0 atom stereocenters. The first-order valence-electron chi connectivity index (χ1n) is 9.42. The van der Waals surface area contributed by atoms with E-state index >= 15 is 0 Å². The third kappa shape index (κ3) is 3.94. The van der Waals surface area contributed by atoms with Crippen LogP contribution in [-0.4, -0.2) is 65.2 Å². The highest BCUT2D eigenvalue weighted by Crippen LogP contribution is 2.41. The van der Waals surface area contributed by atoms with Gasteiger partial charge in [0.25, 0.3) is 5.91 Å². The molecule has 1 aliphatic carbocycles. The van der Waals surface area contributed by atoms with Gasteiger partial charge in [0.1, 0.15) is 0 Å². The maximum Gasteiger partial charge on any atom is 0.273 e. The molecule has 138 valence electrons. The predicted molar refractivity (Wildman–Crippen MR) is 97.5 cm³/mol. The number of rotatable bonds is 7. The number of hydrogen-bond donors (Lipinski definition) is 1. The number of nitrogens with one attached hydrogen (secondary N) is 1. The van der Waals surface area contributed by atoms with E-state index in [0.717, 1.165) is 63.5 Å². The highest BCUT2D eigenvalue weighted by atomic mass is 16.5. The molecule has 1 saturated heterocycles. The first-order chi connectivity index (χ1) is 12.8. The van der Waals surface area contributed by atoms with Gasteiger partial charge in [-0.3, -0.25) is 9.69 Å². The van der Waals surface area contributed by atoms with Crippen molar-refractivity contribution in [3.05, 3.63) is 41.7 Å². The molecular weight excluding hydrogens is 330 g/mol. The summed E-state index contributed by atoms with van der Waals surface area (Å²) in [5, 5.41) is 11.5. The number of para-hydroxylation sites is 1. The predicted octanol–water partition coefficient (Wildman–Crippen LogP) is 1.60. The maximum atomic E-state index is 12.6. The fourth-order valence-corrected chi connectivity index (χ4v) is 3.35. The Balaban J connectivity index is 1.37. The van der Waals surface area contributed by atoms with Gasteiger partial charge in [0.05, 0.1) is 24.6 Å². The minimum absolute atomic E-state index is 0.115. The van der Waals surface area contributed by atoms with Crippen molar-refractivity contribution in [3.8, 4) is 5.69 Å². The van der Waals surface area contributed by atoms with E-state index in [0.29, 0.717) is 18.2 Å². The zero-order valence-corrected chi connectivity index (χ0v) is 14.9. The molecule has 0 spiro atoms. The van der Waals surface area contributed by atoms with Gasteiger partial charge in [0.2, 0.25) is 0 Å². The average molecular weight is 355 g/mol. The Morgan fingerprint density at radius 2 is 1.96 bits per heavy atom. The Bertz CT molecular complexity index is 736. The molecule has 2 aliphatic rings. The summed E-state index contributed by atoms with van der Waals surface area (Å²) in [4.78, 5) is 15.0. The topological polar surface area (TPSA) is 72.3 Å². The van der Waals surface area contributed by atoms with Crippen molar-refractivity contribution in [3.63, 3.8) is 0 Å². The van der Waals surface area contributed by atoms with E-state index in [1.165, 1.54) is 0 Å². The van der Waals surface area contributed by atoms with Gasteiger partial charge in [-0.2, -0.15) is 0 Å². The molecule has 1 aliphatic heterocycles. The van der Waals surface area contributed by atoms with Gasteiger partial charge in [-0.1, -0.05) is 23.4 Å². The van der Waals surface area contributed by atoms with Gasteiger partial charge in [-0.15, -0.1) is 5.10 Å². The average Bonchev–Trinajstić information content (AvgIpc) is 3.44. The van der Waals surface area contributed by atoms with E-state index in [1.54, 1.807) is 0 Å². The number of aromatic nitrogens is 3. The van der Waals surface area contributed by atoms with Gasteiger partial charge < -0.3 is 10.1 Å². The van der Waals surface area contributed by atoms with Crippen molar-refractivity contribution in [2.24, 2.45) is 0 Å². The molecule has 2 heterocycles. The molecule has 0 radical (unpaired) electrons. The molecule has 7 nitrogen and oxygen atoms in total. The highest BCUT2D eigenvalue weighted by Gasteiger charge is 2.34.